The number of aromatic nitrogens is 1. The molecule has 1 aromatic heterocycles. The second kappa shape index (κ2) is 10.9. The number of hydrogen-bond acceptors (Lipinski definition) is 3. The number of nitrogens with zero attached hydrogens (tertiary/aromatic N) is 2. The summed E-state index contributed by atoms with van der Waals surface area (Å²) in [5.74, 6) is 1.04. The zero-order valence-corrected chi connectivity index (χ0v) is 17.0. The minimum Gasteiger partial charge on any atom is -0.478 e. The monoisotopic (exact) mass is 458 g/mol. The highest BCUT2D eigenvalue weighted by Gasteiger charge is 2.06. The van der Waals surface area contributed by atoms with Crippen LogP contribution in [-0.2, 0) is 13.1 Å². The molecule has 0 saturated heterocycles. The lowest BCUT2D eigenvalue weighted by molar-refractivity contribution is 0.322. The zero-order chi connectivity index (χ0) is 17.4. The van der Waals surface area contributed by atoms with Crippen LogP contribution in [0.5, 0.6) is 5.88 Å². The van der Waals surface area contributed by atoms with Gasteiger partial charge in [-0.2, -0.15) is 0 Å². The van der Waals surface area contributed by atoms with E-state index in [0.717, 1.165) is 11.1 Å². The summed E-state index contributed by atoms with van der Waals surface area (Å²) in [6.45, 7) is 5.26. The van der Waals surface area contributed by atoms with E-state index < -0.39 is 0 Å². The fraction of sp³-hybridized carbons (Fsp3) is 0.333. The van der Waals surface area contributed by atoms with Crippen LogP contribution in [0.3, 0.4) is 0 Å². The van der Waals surface area contributed by atoms with E-state index in [1.807, 2.05) is 25.1 Å². The van der Waals surface area contributed by atoms with Crippen LogP contribution >= 0.6 is 24.0 Å². The molecule has 0 spiro atoms. The maximum absolute atomic E-state index is 13.6. The predicted molar refractivity (Wildman–Crippen MR) is 109 cm³/mol. The van der Waals surface area contributed by atoms with E-state index in [-0.39, 0.29) is 29.8 Å². The lowest BCUT2D eigenvalue weighted by Gasteiger charge is -2.14. The van der Waals surface area contributed by atoms with Crippen molar-refractivity contribution in [3.8, 4) is 5.88 Å². The van der Waals surface area contributed by atoms with Gasteiger partial charge < -0.3 is 15.4 Å². The van der Waals surface area contributed by atoms with Crippen molar-refractivity contribution in [1.82, 2.24) is 15.6 Å². The third-order valence-electron chi connectivity index (χ3n) is 3.50. The van der Waals surface area contributed by atoms with Gasteiger partial charge in [-0.25, -0.2) is 9.37 Å². The van der Waals surface area contributed by atoms with Gasteiger partial charge >= 0.3 is 0 Å². The first-order valence-corrected chi connectivity index (χ1v) is 7.90. The first-order valence-electron chi connectivity index (χ1n) is 7.90. The van der Waals surface area contributed by atoms with Crippen molar-refractivity contribution in [3.05, 3.63) is 59.0 Å². The Morgan fingerprint density at radius 1 is 1.24 bits per heavy atom. The van der Waals surface area contributed by atoms with Gasteiger partial charge in [-0.3, -0.25) is 4.99 Å². The average molecular weight is 458 g/mol. The number of benzene rings is 1. The van der Waals surface area contributed by atoms with Crippen LogP contribution in [0.15, 0.2) is 41.5 Å². The van der Waals surface area contributed by atoms with Gasteiger partial charge in [-0.05, 0) is 37.1 Å². The van der Waals surface area contributed by atoms with Crippen molar-refractivity contribution in [1.29, 1.82) is 0 Å². The molecule has 0 amide bonds. The van der Waals surface area contributed by atoms with E-state index in [2.05, 4.69) is 20.6 Å². The molecule has 0 bridgehead atoms. The van der Waals surface area contributed by atoms with E-state index in [1.54, 1.807) is 26.2 Å². The van der Waals surface area contributed by atoms with Gasteiger partial charge in [0.1, 0.15) is 5.82 Å². The van der Waals surface area contributed by atoms with Crippen LogP contribution in [0.4, 0.5) is 4.39 Å². The molecule has 0 fully saturated rings. The number of pyridine rings is 1. The lowest BCUT2D eigenvalue weighted by Crippen LogP contribution is -2.36. The van der Waals surface area contributed by atoms with E-state index in [9.17, 15) is 4.39 Å². The van der Waals surface area contributed by atoms with Crippen molar-refractivity contribution in [3.63, 3.8) is 0 Å². The molecule has 2 aromatic rings. The van der Waals surface area contributed by atoms with Gasteiger partial charge in [0.25, 0.3) is 0 Å². The first-order chi connectivity index (χ1) is 11.6. The standard InChI is InChI=1S/C18H23FN4O.HI/c1-4-24-17-15(6-5-9-21-17)12-23-18(20-3)22-11-14-8-7-13(2)16(19)10-14;/h5-10H,4,11-12H2,1-3H3,(H2,20,22,23);1H. The van der Waals surface area contributed by atoms with Crippen molar-refractivity contribution < 1.29 is 9.13 Å². The average Bonchev–Trinajstić information content (AvgIpc) is 2.59. The predicted octanol–water partition coefficient (Wildman–Crippen LogP) is 3.41. The Balaban J connectivity index is 0.00000312. The normalized spacial score (nSPS) is 10.8. The maximum Gasteiger partial charge on any atom is 0.218 e. The SMILES string of the molecule is CCOc1ncccc1CNC(=NC)NCc1ccc(C)c(F)c1.I. The third-order valence-corrected chi connectivity index (χ3v) is 3.50. The lowest BCUT2D eigenvalue weighted by atomic mass is 10.1. The number of hydrogen-bond donors (Lipinski definition) is 2. The number of ether oxygens (including phenoxy) is 1. The molecule has 0 aliphatic carbocycles. The van der Waals surface area contributed by atoms with E-state index >= 15 is 0 Å². The summed E-state index contributed by atoms with van der Waals surface area (Å²) in [4.78, 5) is 8.39. The van der Waals surface area contributed by atoms with Crippen molar-refractivity contribution in [2.24, 2.45) is 4.99 Å². The van der Waals surface area contributed by atoms with Crippen LogP contribution in [0.2, 0.25) is 0 Å². The first kappa shape index (κ1) is 21.1. The quantitative estimate of drug-likeness (QED) is 0.396. The molecule has 1 heterocycles. The molecule has 0 atom stereocenters. The number of guanidine groups is 1. The zero-order valence-electron chi connectivity index (χ0n) is 14.7. The van der Waals surface area contributed by atoms with Crippen molar-refractivity contribution in [2.75, 3.05) is 13.7 Å². The van der Waals surface area contributed by atoms with Gasteiger partial charge in [0, 0.05) is 31.9 Å². The molecule has 0 unspecified atom stereocenters. The minimum absolute atomic E-state index is 0. The fourth-order valence-electron chi connectivity index (χ4n) is 2.16. The molecule has 5 nitrogen and oxygen atoms in total. The Bertz CT molecular complexity index is 709. The highest BCUT2D eigenvalue weighted by Crippen LogP contribution is 2.13. The van der Waals surface area contributed by atoms with E-state index in [1.165, 1.54) is 6.07 Å². The Morgan fingerprint density at radius 2 is 2.00 bits per heavy atom. The Kier molecular flexibility index (Phi) is 9.18. The van der Waals surface area contributed by atoms with Crippen LogP contribution in [0.25, 0.3) is 0 Å². The van der Waals surface area contributed by atoms with Gasteiger partial charge in [-0.1, -0.05) is 18.2 Å². The fourth-order valence-corrected chi connectivity index (χ4v) is 2.16. The second-order valence-electron chi connectivity index (χ2n) is 5.26. The summed E-state index contributed by atoms with van der Waals surface area (Å²) in [5, 5.41) is 6.37. The second-order valence-corrected chi connectivity index (χ2v) is 5.26. The summed E-state index contributed by atoms with van der Waals surface area (Å²) < 4.78 is 19.1. The molecule has 0 radical (unpaired) electrons. The summed E-state index contributed by atoms with van der Waals surface area (Å²) >= 11 is 0. The molecular weight excluding hydrogens is 434 g/mol. The largest absolute Gasteiger partial charge is 0.478 e. The number of aryl methyl sites for hydroxylation is 1. The molecule has 1 aromatic carbocycles. The van der Waals surface area contributed by atoms with Gasteiger partial charge in [0.05, 0.1) is 6.61 Å². The van der Waals surface area contributed by atoms with Crippen molar-refractivity contribution >= 4 is 29.9 Å². The minimum atomic E-state index is -0.200. The van der Waals surface area contributed by atoms with Gasteiger partial charge in [-0.15, -0.1) is 24.0 Å². The summed E-state index contributed by atoms with van der Waals surface area (Å²) in [7, 11) is 1.69. The highest BCUT2D eigenvalue weighted by molar-refractivity contribution is 14.0. The van der Waals surface area contributed by atoms with Gasteiger partial charge in [0.15, 0.2) is 5.96 Å². The molecule has 2 rings (SSSR count). The third kappa shape index (κ3) is 6.49. The topological polar surface area (TPSA) is 58.5 Å². The van der Waals surface area contributed by atoms with Gasteiger partial charge in [0.2, 0.25) is 5.88 Å². The molecule has 25 heavy (non-hydrogen) atoms. The number of rotatable bonds is 6. The molecule has 136 valence electrons. The molecule has 2 N–H and O–H groups in total. The molecule has 0 aliphatic heterocycles. The molecular formula is C18H24FIN4O. The van der Waals surface area contributed by atoms with E-state index in [0.29, 0.717) is 37.1 Å². The van der Waals surface area contributed by atoms with Crippen molar-refractivity contribution in [2.45, 2.75) is 26.9 Å². The summed E-state index contributed by atoms with van der Waals surface area (Å²) in [6, 6.07) is 9.02. The molecule has 0 aliphatic rings. The van der Waals surface area contributed by atoms with E-state index in [4.69, 9.17) is 4.74 Å². The molecule has 7 heteroatoms. The summed E-state index contributed by atoms with van der Waals surface area (Å²) in [6.07, 6.45) is 1.70. The number of nitrogens with one attached hydrogen (secondary N) is 2. The number of halogens is 2. The Hall–Kier alpha value is -1.90. The maximum atomic E-state index is 13.6. The molecule has 0 saturated carbocycles. The number of aliphatic imine (C=N–C) groups is 1. The smallest absolute Gasteiger partial charge is 0.218 e. The Morgan fingerprint density at radius 3 is 2.68 bits per heavy atom. The van der Waals surface area contributed by atoms with Crippen LogP contribution in [0.1, 0.15) is 23.6 Å². The highest BCUT2D eigenvalue weighted by atomic mass is 127. The Labute approximate surface area is 165 Å². The van der Waals surface area contributed by atoms with Crippen LogP contribution in [0, 0.1) is 12.7 Å². The van der Waals surface area contributed by atoms with Crippen LogP contribution < -0.4 is 15.4 Å². The van der Waals surface area contributed by atoms with Crippen LogP contribution in [-0.4, -0.2) is 24.6 Å². The summed E-state index contributed by atoms with van der Waals surface area (Å²) in [5.41, 5.74) is 2.45.